The van der Waals surface area contributed by atoms with Crippen LogP contribution in [0.1, 0.15) is 37.4 Å². The highest BCUT2D eigenvalue weighted by Gasteiger charge is 2.31. The summed E-state index contributed by atoms with van der Waals surface area (Å²) in [5, 5.41) is 6.14. The molecule has 0 saturated heterocycles. The average Bonchev–Trinajstić information content (AvgIpc) is 3.02. The van der Waals surface area contributed by atoms with Crippen molar-refractivity contribution in [3.05, 3.63) is 65.7 Å². The quantitative estimate of drug-likeness (QED) is 0.862. The monoisotopic (exact) mass is 308 g/mol. The van der Waals surface area contributed by atoms with Crippen LogP contribution in [-0.4, -0.2) is 23.2 Å². The van der Waals surface area contributed by atoms with Crippen LogP contribution in [0.5, 0.6) is 5.75 Å². The van der Waals surface area contributed by atoms with Gasteiger partial charge in [0.1, 0.15) is 5.75 Å². The van der Waals surface area contributed by atoms with Crippen LogP contribution in [0.2, 0.25) is 0 Å². The Morgan fingerprint density at radius 3 is 2.48 bits per heavy atom. The van der Waals surface area contributed by atoms with Gasteiger partial charge in [-0.25, -0.2) is 5.01 Å². The van der Waals surface area contributed by atoms with Gasteiger partial charge in [-0.15, -0.1) is 0 Å². The number of hydrazone groups is 1. The Balaban J connectivity index is 1.86. The third-order valence-electron chi connectivity index (χ3n) is 3.92. The highest BCUT2D eigenvalue weighted by atomic mass is 16.5. The Bertz CT molecular complexity index is 708. The zero-order valence-corrected chi connectivity index (χ0v) is 13.4. The standard InChI is InChI=1S/C19H20N2O2/c1-3-23-17-11-9-15(10-12-17)18-13-19(21(20-18)14(2)22)16-7-5-4-6-8-16/h4-12,19H,3,13H2,1-2H3. The predicted molar refractivity (Wildman–Crippen MR) is 90.5 cm³/mol. The van der Waals surface area contributed by atoms with Crippen molar-refractivity contribution < 1.29 is 9.53 Å². The average molecular weight is 308 g/mol. The van der Waals surface area contributed by atoms with Crippen molar-refractivity contribution >= 4 is 11.6 Å². The summed E-state index contributed by atoms with van der Waals surface area (Å²) < 4.78 is 5.47. The second kappa shape index (κ2) is 6.65. The van der Waals surface area contributed by atoms with Crippen LogP contribution in [0.25, 0.3) is 0 Å². The Hall–Kier alpha value is -2.62. The number of carbonyl (C=O) groups is 1. The highest BCUT2D eigenvalue weighted by Crippen LogP contribution is 2.32. The minimum Gasteiger partial charge on any atom is -0.494 e. The van der Waals surface area contributed by atoms with Crippen molar-refractivity contribution in [3.63, 3.8) is 0 Å². The van der Waals surface area contributed by atoms with E-state index in [0.29, 0.717) is 6.61 Å². The topological polar surface area (TPSA) is 41.9 Å². The maximum atomic E-state index is 11.9. The molecular weight excluding hydrogens is 288 g/mol. The van der Waals surface area contributed by atoms with E-state index in [-0.39, 0.29) is 11.9 Å². The molecule has 0 saturated carbocycles. The smallest absolute Gasteiger partial charge is 0.240 e. The third-order valence-corrected chi connectivity index (χ3v) is 3.92. The lowest BCUT2D eigenvalue weighted by atomic mass is 9.98. The Morgan fingerprint density at radius 1 is 1.17 bits per heavy atom. The van der Waals surface area contributed by atoms with Crippen LogP contribution in [0, 0.1) is 0 Å². The molecule has 1 heterocycles. The van der Waals surface area contributed by atoms with Crippen LogP contribution in [0.3, 0.4) is 0 Å². The molecule has 2 aromatic carbocycles. The first kappa shape index (κ1) is 15.3. The third kappa shape index (κ3) is 3.26. The SMILES string of the molecule is CCOc1ccc(C2=NN(C(C)=O)C(c3ccccc3)C2)cc1. The molecule has 4 heteroatoms. The van der Waals surface area contributed by atoms with Gasteiger partial charge in [-0.2, -0.15) is 5.10 Å². The molecule has 1 amide bonds. The molecule has 0 N–H and O–H groups in total. The van der Waals surface area contributed by atoms with Gasteiger partial charge in [-0.05, 0) is 42.3 Å². The largest absolute Gasteiger partial charge is 0.494 e. The summed E-state index contributed by atoms with van der Waals surface area (Å²) in [6.07, 6.45) is 0.720. The van der Waals surface area contributed by atoms with Gasteiger partial charge >= 0.3 is 0 Å². The molecule has 0 fully saturated rings. The molecule has 0 radical (unpaired) electrons. The second-order valence-electron chi connectivity index (χ2n) is 5.50. The number of rotatable bonds is 4. The molecular formula is C19H20N2O2. The Kier molecular flexibility index (Phi) is 4.42. The van der Waals surface area contributed by atoms with Gasteiger partial charge in [0.2, 0.25) is 5.91 Å². The van der Waals surface area contributed by atoms with Crippen molar-refractivity contribution in [2.75, 3.05) is 6.61 Å². The summed E-state index contributed by atoms with van der Waals surface area (Å²) in [5.74, 6) is 0.803. The Labute approximate surface area is 136 Å². The Morgan fingerprint density at radius 2 is 1.87 bits per heavy atom. The van der Waals surface area contributed by atoms with E-state index in [1.807, 2.05) is 61.5 Å². The van der Waals surface area contributed by atoms with E-state index in [9.17, 15) is 4.79 Å². The number of hydrogen-bond acceptors (Lipinski definition) is 3. The molecule has 0 spiro atoms. The maximum Gasteiger partial charge on any atom is 0.240 e. The van der Waals surface area contributed by atoms with Gasteiger partial charge in [0.25, 0.3) is 0 Å². The van der Waals surface area contributed by atoms with E-state index in [0.717, 1.165) is 29.0 Å². The molecule has 1 aliphatic heterocycles. The van der Waals surface area contributed by atoms with E-state index < -0.39 is 0 Å². The summed E-state index contributed by atoms with van der Waals surface area (Å²) in [6.45, 7) is 4.17. The summed E-state index contributed by atoms with van der Waals surface area (Å²) >= 11 is 0. The summed E-state index contributed by atoms with van der Waals surface area (Å²) in [6, 6.07) is 17.9. The lowest BCUT2D eigenvalue weighted by Crippen LogP contribution is -2.24. The zero-order valence-electron chi connectivity index (χ0n) is 13.4. The van der Waals surface area contributed by atoms with Crippen LogP contribution < -0.4 is 4.74 Å². The van der Waals surface area contributed by atoms with E-state index in [2.05, 4.69) is 5.10 Å². The van der Waals surface area contributed by atoms with Crippen molar-refractivity contribution in [2.24, 2.45) is 5.10 Å². The number of ether oxygens (including phenoxy) is 1. The fraction of sp³-hybridized carbons (Fsp3) is 0.263. The van der Waals surface area contributed by atoms with Gasteiger partial charge in [0.05, 0.1) is 18.4 Å². The van der Waals surface area contributed by atoms with E-state index in [4.69, 9.17) is 4.74 Å². The van der Waals surface area contributed by atoms with E-state index >= 15 is 0 Å². The number of hydrogen-bond donors (Lipinski definition) is 0. The zero-order chi connectivity index (χ0) is 16.2. The van der Waals surface area contributed by atoms with Crippen LogP contribution in [0.15, 0.2) is 59.7 Å². The molecule has 118 valence electrons. The maximum absolute atomic E-state index is 11.9. The molecule has 23 heavy (non-hydrogen) atoms. The first-order chi connectivity index (χ1) is 11.2. The molecule has 0 bridgehead atoms. The molecule has 4 nitrogen and oxygen atoms in total. The summed E-state index contributed by atoms with van der Waals surface area (Å²) in [5.41, 5.74) is 3.06. The highest BCUT2D eigenvalue weighted by molar-refractivity contribution is 6.03. The molecule has 0 aromatic heterocycles. The van der Waals surface area contributed by atoms with Crippen LogP contribution >= 0.6 is 0 Å². The van der Waals surface area contributed by atoms with Crippen molar-refractivity contribution in [2.45, 2.75) is 26.3 Å². The molecule has 1 unspecified atom stereocenters. The fourth-order valence-corrected chi connectivity index (χ4v) is 2.82. The van der Waals surface area contributed by atoms with E-state index in [1.165, 1.54) is 0 Å². The lowest BCUT2D eigenvalue weighted by Gasteiger charge is -2.20. The first-order valence-corrected chi connectivity index (χ1v) is 7.84. The van der Waals surface area contributed by atoms with Crippen LogP contribution in [0.4, 0.5) is 0 Å². The normalized spacial score (nSPS) is 17.0. The summed E-state index contributed by atoms with van der Waals surface area (Å²) in [7, 11) is 0. The molecule has 3 rings (SSSR count). The van der Waals surface area contributed by atoms with Gasteiger partial charge in [0, 0.05) is 13.3 Å². The summed E-state index contributed by atoms with van der Waals surface area (Å²) in [4.78, 5) is 11.9. The van der Waals surface area contributed by atoms with Gasteiger partial charge in [0.15, 0.2) is 0 Å². The minimum atomic E-state index is -0.0419. The molecule has 1 atom stereocenters. The second-order valence-corrected chi connectivity index (χ2v) is 5.50. The van der Waals surface area contributed by atoms with Crippen molar-refractivity contribution in [1.82, 2.24) is 5.01 Å². The van der Waals surface area contributed by atoms with Crippen molar-refractivity contribution in [3.8, 4) is 5.75 Å². The van der Waals surface area contributed by atoms with Gasteiger partial charge < -0.3 is 4.74 Å². The number of carbonyl (C=O) groups excluding carboxylic acids is 1. The van der Waals surface area contributed by atoms with Crippen molar-refractivity contribution in [1.29, 1.82) is 0 Å². The predicted octanol–water partition coefficient (Wildman–Crippen LogP) is 3.78. The first-order valence-electron chi connectivity index (χ1n) is 7.84. The molecule has 1 aliphatic rings. The number of amides is 1. The molecule has 0 aliphatic carbocycles. The minimum absolute atomic E-state index is 0.0322. The molecule has 2 aromatic rings. The van der Waals surface area contributed by atoms with E-state index in [1.54, 1.807) is 11.9 Å². The lowest BCUT2D eigenvalue weighted by molar-refractivity contribution is -0.130. The van der Waals surface area contributed by atoms with Crippen LogP contribution in [-0.2, 0) is 4.79 Å². The number of nitrogens with zero attached hydrogens (tertiary/aromatic N) is 2. The van der Waals surface area contributed by atoms with Gasteiger partial charge in [-0.1, -0.05) is 30.3 Å². The number of benzene rings is 2. The fourth-order valence-electron chi connectivity index (χ4n) is 2.82. The van der Waals surface area contributed by atoms with Gasteiger partial charge in [-0.3, -0.25) is 4.79 Å².